The van der Waals surface area contributed by atoms with Crippen molar-refractivity contribution < 1.29 is 4.52 Å². The molecule has 0 aliphatic carbocycles. The molecule has 4 rings (SSSR count). The predicted molar refractivity (Wildman–Crippen MR) is 135 cm³/mol. The van der Waals surface area contributed by atoms with Gasteiger partial charge in [-0.15, -0.1) is 34.2 Å². The van der Waals surface area contributed by atoms with Crippen molar-refractivity contribution in [1.82, 2.24) is 35.0 Å². The van der Waals surface area contributed by atoms with E-state index >= 15 is 0 Å². The van der Waals surface area contributed by atoms with Gasteiger partial charge >= 0.3 is 0 Å². The zero-order valence-electron chi connectivity index (χ0n) is 19.4. The number of piperazine rings is 1. The van der Waals surface area contributed by atoms with Crippen LogP contribution in [-0.4, -0.2) is 74.9 Å². The average Bonchev–Trinajstić information content (AvgIpc) is 3.28. The molecule has 1 fully saturated rings. The largest absolute Gasteiger partial charge is 0.361 e. The van der Waals surface area contributed by atoms with Crippen molar-refractivity contribution in [3.05, 3.63) is 29.2 Å². The lowest BCUT2D eigenvalue weighted by Gasteiger charge is -2.36. The molecule has 10 heteroatoms. The summed E-state index contributed by atoms with van der Waals surface area (Å²) in [6.45, 7) is 11.6. The topological polar surface area (TPSA) is 87.6 Å². The highest BCUT2D eigenvalue weighted by molar-refractivity contribution is 14.0. The molecule has 178 valence electrons. The Labute approximate surface area is 208 Å². The molecule has 9 nitrogen and oxygen atoms in total. The predicted octanol–water partition coefficient (Wildman–Crippen LogP) is 2.63. The van der Waals surface area contributed by atoms with Gasteiger partial charge in [-0.1, -0.05) is 11.6 Å². The maximum Gasteiger partial charge on any atom is 0.194 e. The van der Waals surface area contributed by atoms with E-state index in [9.17, 15) is 0 Å². The fraction of sp³-hybridized carbons (Fsp3) is 0.727. The normalized spacial score (nSPS) is 17.6. The summed E-state index contributed by atoms with van der Waals surface area (Å²) < 4.78 is 7.53. The SMILES string of the molecule is CCNC(=NCCCc1nnc2n1CCCCC2)N1CCN(Cc2cc(C)on2)CC1.I. The van der Waals surface area contributed by atoms with Crippen LogP contribution in [-0.2, 0) is 25.9 Å². The van der Waals surface area contributed by atoms with E-state index in [4.69, 9.17) is 9.52 Å². The summed E-state index contributed by atoms with van der Waals surface area (Å²) in [7, 11) is 0. The Balaban J connectivity index is 0.00000289. The molecular formula is C22H37IN8O. The molecule has 1 saturated heterocycles. The van der Waals surface area contributed by atoms with Gasteiger partial charge in [-0.05, 0) is 33.1 Å². The number of halogens is 1. The van der Waals surface area contributed by atoms with Gasteiger partial charge in [0.1, 0.15) is 17.4 Å². The lowest BCUT2D eigenvalue weighted by atomic mass is 10.2. The van der Waals surface area contributed by atoms with Gasteiger partial charge in [0.25, 0.3) is 0 Å². The minimum atomic E-state index is 0. The molecule has 0 aromatic carbocycles. The van der Waals surface area contributed by atoms with E-state index in [-0.39, 0.29) is 24.0 Å². The monoisotopic (exact) mass is 556 g/mol. The molecule has 2 aromatic heterocycles. The van der Waals surface area contributed by atoms with Gasteiger partial charge in [0.05, 0.1) is 5.69 Å². The van der Waals surface area contributed by atoms with Crippen LogP contribution in [0.4, 0.5) is 0 Å². The first-order valence-electron chi connectivity index (χ1n) is 11.8. The fourth-order valence-corrected chi connectivity index (χ4v) is 4.42. The maximum atomic E-state index is 5.19. The standard InChI is InChI=1S/C22H36N8O.HI/c1-3-23-22(29-14-12-28(13-15-29)17-19-16-18(2)31-27-19)24-10-7-9-21-26-25-20-8-5-4-6-11-30(20)21;/h16H,3-15,17H2,1-2H3,(H,23,24);1H. The molecule has 0 bridgehead atoms. The smallest absolute Gasteiger partial charge is 0.194 e. The Morgan fingerprint density at radius 2 is 1.97 bits per heavy atom. The van der Waals surface area contributed by atoms with Crippen molar-refractivity contribution in [2.24, 2.45) is 4.99 Å². The van der Waals surface area contributed by atoms with Crippen LogP contribution in [0.5, 0.6) is 0 Å². The molecule has 2 aliphatic rings. The second-order valence-corrected chi connectivity index (χ2v) is 8.53. The Morgan fingerprint density at radius 1 is 1.12 bits per heavy atom. The van der Waals surface area contributed by atoms with Crippen molar-refractivity contribution >= 4 is 29.9 Å². The van der Waals surface area contributed by atoms with E-state index in [2.05, 4.69) is 42.0 Å². The fourth-order valence-electron chi connectivity index (χ4n) is 4.42. The quantitative estimate of drug-likeness (QED) is 0.243. The van der Waals surface area contributed by atoms with E-state index in [1.165, 1.54) is 25.1 Å². The first kappa shape index (κ1) is 24.9. The number of guanidine groups is 1. The first-order valence-corrected chi connectivity index (χ1v) is 11.8. The van der Waals surface area contributed by atoms with E-state index in [0.717, 1.165) is 94.9 Å². The molecule has 4 heterocycles. The first-order chi connectivity index (χ1) is 15.2. The summed E-state index contributed by atoms with van der Waals surface area (Å²) in [6.07, 6.45) is 6.78. The Morgan fingerprint density at radius 3 is 2.72 bits per heavy atom. The van der Waals surface area contributed by atoms with Crippen molar-refractivity contribution in [3.8, 4) is 0 Å². The molecular weight excluding hydrogens is 519 g/mol. The number of aryl methyl sites for hydroxylation is 3. The van der Waals surface area contributed by atoms with Crippen molar-refractivity contribution in [1.29, 1.82) is 0 Å². The number of nitrogens with one attached hydrogen (secondary N) is 1. The Kier molecular flexibility index (Phi) is 9.76. The average molecular weight is 556 g/mol. The second kappa shape index (κ2) is 12.5. The summed E-state index contributed by atoms with van der Waals surface area (Å²) in [5.41, 5.74) is 1.01. The van der Waals surface area contributed by atoms with Crippen LogP contribution >= 0.6 is 24.0 Å². The van der Waals surface area contributed by atoms with E-state index < -0.39 is 0 Å². The highest BCUT2D eigenvalue weighted by Crippen LogP contribution is 2.15. The molecule has 32 heavy (non-hydrogen) atoms. The number of hydrogen-bond acceptors (Lipinski definition) is 6. The van der Waals surface area contributed by atoms with Gasteiger partial charge in [0, 0.05) is 71.3 Å². The third kappa shape index (κ3) is 6.66. The minimum absolute atomic E-state index is 0. The zero-order valence-corrected chi connectivity index (χ0v) is 21.8. The number of rotatable bonds is 7. The third-order valence-electron chi connectivity index (χ3n) is 6.08. The lowest BCUT2D eigenvalue weighted by Crippen LogP contribution is -2.52. The minimum Gasteiger partial charge on any atom is -0.361 e. The second-order valence-electron chi connectivity index (χ2n) is 8.53. The Bertz CT molecular complexity index is 856. The van der Waals surface area contributed by atoms with Crippen LogP contribution < -0.4 is 5.32 Å². The third-order valence-corrected chi connectivity index (χ3v) is 6.08. The molecule has 2 aromatic rings. The van der Waals surface area contributed by atoms with Crippen LogP contribution in [0.25, 0.3) is 0 Å². The summed E-state index contributed by atoms with van der Waals surface area (Å²) in [6, 6.07) is 2.02. The molecule has 0 unspecified atom stereocenters. The molecule has 0 saturated carbocycles. The van der Waals surface area contributed by atoms with E-state index in [1.807, 2.05) is 13.0 Å². The van der Waals surface area contributed by atoms with Crippen LogP contribution in [0.2, 0.25) is 0 Å². The molecule has 0 radical (unpaired) electrons. The van der Waals surface area contributed by atoms with Crippen molar-refractivity contribution in [2.45, 2.75) is 65.5 Å². The number of aromatic nitrogens is 4. The highest BCUT2D eigenvalue weighted by Gasteiger charge is 2.20. The molecule has 0 atom stereocenters. The van der Waals surface area contributed by atoms with Crippen molar-refractivity contribution in [2.75, 3.05) is 39.3 Å². The van der Waals surface area contributed by atoms with Crippen LogP contribution in [0.3, 0.4) is 0 Å². The number of hydrogen-bond donors (Lipinski definition) is 1. The maximum absolute atomic E-state index is 5.19. The van der Waals surface area contributed by atoms with Crippen LogP contribution in [0, 0.1) is 6.92 Å². The van der Waals surface area contributed by atoms with E-state index in [0.29, 0.717) is 0 Å². The van der Waals surface area contributed by atoms with Gasteiger partial charge in [0.15, 0.2) is 5.96 Å². The van der Waals surface area contributed by atoms with Gasteiger partial charge in [-0.25, -0.2) is 0 Å². The summed E-state index contributed by atoms with van der Waals surface area (Å²) in [5, 5.41) is 16.4. The van der Waals surface area contributed by atoms with Crippen molar-refractivity contribution in [3.63, 3.8) is 0 Å². The summed E-state index contributed by atoms with van der Waals surface area (Å²) >= 11 is 0. The van der Waals surface area contributed by atoms with Gasteiger partial charge in [0.2, 0.25) is 0 Å². The Hall–Kier alpha value is -1.69. The van der Waals surface area contributed by atoms with Gasteiger partial charge < -0.3 is 19.3 Å². The summed E-state index contributed by atoms with van der Waals surface area (Å²) in [5.74, 6) is 4.20. The summed E-state index contributed by atoms with van der Waals surface area (Å²) in [4.78, 5) is 9.70. The zero-order chi connectivity index (χ0) is 21.5. The van der Waals surface area contributed by atoms with Crippen LogP contribution in [0.15, 0.2) is 15.6 Å². The van der Waals surface area contributed by atoms with Crippen LogP contribution in [0.1, 0.15) is 55.7 Å². The lowest BCUT2D eigenvalue weighted by molar-refractivity contribution is 0.169. The number of aliphatic imine (C=N–C) groups is 1. The highest BCUT2D eigenvalue weighted by atomic mass is 127. The molecule has 2 aliphatic heterocycles. The number of nitrogens with zero attached hydrogens (tertiary/aromatic N) is 7. The molecule has 1 N–H and O–H groups in total. The number of fused-ring (bicyclic) bond motifs is 1. The molecule has 0 amide bonds. The van der Waals surface area contributed by atoms with Gasteiger partial charge in [-0.3, -0.25) is 9.89 Å². The van der Waals surface area contributed by atoms with E-state index in [1.54, 1.807) is 0 Å². The molecule has 0 spiro atoms. The van der Waals surface area contributed by atoms with Gasteiger partial charge in [-0.2, -0.15) is 0 Å².